The smallest absolute Gasteiger partial charge is 0.317 e. The fourth-order valence-electron chi connectivity index (χ4n) is 3.10. The second-order valence-electron chi connectivity index (χ2n) is 6.06. The van der Waals surface area contributed by atoms with E-state index in [2.05, 4.69) is 5.32 Å². The first-order valence-electron chi connectivity index (χ1n) is 8.00. The summed E-state index contributed by atoms with van der Waals surface area (Å²) in [6.07, 6.45) is 6.26. The molecule has 2 N–H and O–H groups in total. The van der Waals surface area contributed by atoms with Gasteiger partial charge in [0.15, 0.2) is 0 Å². The zero-order valence-electron chi connectivity index (χ0n) is 12.6. The largest absolute Gasteiger partial charge is 0.481 e. The number of piperidine rings is 1. The molecule has 2 aliphatic rings. The standard InChI is InChI=1S/C15H26N2O4/c18-14(19)13-5-8-17(9-6-13)15(20)16-7-10-21-11-12-3-1-2-4-12/h12-13H,1-11H2,(H,16,20)(H,18,19). The molecule has 1 saturated heterocycles. The molecule has 2 rings (SSSR count). The fraction of sp³-hybridized carbons (Fsp3) is 0.867. The summed E-state index contributed by atoms with van der Waals surface area (Å²) >= 11 is 0. The predicted octanol–water partition coefficient (Wildman–Crippen LogP) is 1.70. The maximum absolute atomic E-state index is 11.9. The summed E-state index contributed by atoms with van der Waals surface area (Å²) in [5.41, 5.74) is 0. The Morgan fingerprint density at radius 3 is 2.43 bits per heavy atom. The maximum Gasteiger partial charge on any atom is 0.317 e. The number of nitrogens with zero attached hydrogens (tertiary/aromatic N) is 1. The van der Waals surface area contributed by atoms with Gasteiger partial charge in [-0.2, -0.15) is 0 Å². The van der Waals surface area contributed by atoms with Crippen molar-refractivity contribution < 1.29 is 19.4 Å². The third kappa shape index (κ3) is 5.19. The van der Waals surface area contributed by atoms with Crippen LogP contribution in [0.5, 0.6) is 0 Å². The molecule has 0 spiro atoms. The molecule has 6 nitrogen and oxygen atoms in total. The SMILES string of the molecule is O=C(O)C1CCN(C(=O)NCCOCC2CCCC2)CC1. The van der Waals surface area contributed by atoms with Crippen LogP contribution in [0.4, 0.5) is 4.79 Å². The summed E-state index contributed by atoms with van der Waals surface area (Å²) in [4.78, 5) is 24.4. The summed E-state index contributed by atoms with van der Waals surface area (Å²) in [7, 11) is 0. The van der Waals surface area contributed by atoms with Gasteiger partial charge in [0.1, 0.15) is 0 Å². The minimum atomic E-state index is -0.754. The van der Waals surface area contributed by atoms with E-state index in [1.54, 1.807) is 4.90 Å². The first-order chi connectivity index (χ1) is 10.2. The van der Waals surface area contributed by atoms with Crippen molar-refractivity contribution in [3.05, 3.63) is 0 Å². The van der Waals surface area contributed by atoms with Crippen LogP contribution in [0, 0.1) is 11.8 Å². The number of amides is 2. The number of rotatable bonds is 6. The lowest BCUT2D eigenvalue weighted by Gasteiger charge is -2.30. The number of urea groups is 1. The lowest BCUT2D eigenvalue weighted by atomic mass is 9.97. The third-order valence-electron chi connectivity index (χ3n) is 4.48. The van der Waals surface area contributed by atoms with Crippen molar-refractivity contribution >= 4 is 12.0 Å². The van der Waals surface area contributed by atoms with E-state index >= 15 is 0 Å². The molecule has 1 aliphatic carbocycles. The molecule has 2 fully saturated rings. The average Bonchev–Trinajstić information content (AvgIpc) is 3.00. The molecule has 0 radical (unpaired) electrons. The van der Waals surface area contributed by atoms with Gasteiger partial charge in [0, 0.05) is 26.2 Å². The Morgan fingerprint density at radius 1 is 1.14 bits per heavy atom. The Morgan fingerprint density at radius 2 is 1.81 bits per heavy atom. The lowest BCUT2D eigenvalue weighted by molar-refractivity contribution is -0.143. The van der Waals surface area contributed by atoms with Gasteiger partial charge in [-0.25, -0.2) is 4.79 Å². The van der Waals surface area contributed by atoms with Crippen LogP contribution in [0.25, 0.3) is 0 Å². The first kappa shape index (κ1) is 16.1. The van der Waals surface area contributed by atoms with Gasteiger partial charge in [-0.3, -0.25) is 4.79 Å². The van der Waals surface area contributed by atoms with Gasteiger partial charge in [0.2, 0.25) is 0 Å². The molecule has 1 saturated carbocycles. The van der Waals surface area contributed by atoms with Gasteiger partial charge in [0.05, 0.1) is 12.5 Å². The van der Waals surface area contributed by atoms with Gasteiger partial charge in [-0.1, -0.05) is 12.8 Å². The normalized spacial score (nSPS) is 20.7. The summed E-state index contributed by atoms with van der Waals surface area (Å²) < 4.78 is 5.59. The summed E-state index contributed by atoms with van der Waals surface area (Å²) in [5, 5.41) is 11.8. The predicted molar refractivity (Wildman–Crippen MR) is 78.1 cm³/mol. The van der Waals surface area contributed by atoms with Gasteiger partial charge in [0.25, 0.3) is 0 Å². The number of nitrogens with one attached hydrogen (secondary N) is 1. The number of hydrogen-bond donors (Lipinski definition) is 2. The Kier molecular flexibility index (Phi) is 6.29. The van der Waals surface area contributed by atoms with E-state index in [0.29, 0.717) is 45.0 Å². The highest BCUT2D eigenvalue weighted by Crippen LogP contribution is 2.24. The molecular weight excluding hydrogens is 272 g/mol. The first-order valence-corrected chi connectivity index (χ1v) is 8.00. The molecule has 0 atom stereocenters. The molecule has 1 aliphatic heterocycles. The van der Waals surface area contributed by atoms with Crippen molar-refractivity contribution in [3.63, 3.8) is 0 Å². The van der Waals surface area contributed by atoms with Gasteiger partial charge in [-0.15, -0.1) is 0 Å². The van der Waals surface area contributed by atoms with E-state index in [0.717, 1.165) is 6.61 Å². The van der Waals surface area contributed by atoms with Crippen molar-refractivity contribution in [3.8, 4) is 0 Å². The molecule has 2 amide bonds. The average molecular weight is 298 g/mol. The Bertz CT molecular complexity index is 348. The van der Waals surface area contributed by atoms with E-state index in [9.17, 15) is 9.59 Å². The number of carboxylic acid groups (broad SMARTS) is 1. The van der Waals surface area contributed by atoms with E-state index < -0.39 is 5.97 Å². The van der Waals surface area contributed by atoms with Gasteiger partial charge in [-0.05, 0) is 31.6 Å². The van der Waals surface area contributed by atoms with Gasteiger partial charge < -0.3 is 20.1 Å². The number of likely N-dealkylation sites (tertiary alicyclic amines) is 1. The summed E-state index contributed by atoms with van der Waals surface area (Å²) in [6.45, 7) is 2.91. The number of carbonyl (C=O) groups excluding carboxylic acids is 1. The van der Waals surface area contributed by atoms with Crippen molar-refractivity contribution in [1.82, 2.24) is 10.2 Å². The molecule has 21 heavy (non-hydrogen) atoms. The van der Waals surface area contributed by atoms with Crippen LogP contribution in [-0.2, 0) is 9.53 Å². The van der Waals surface area contributed by atoms with Crippen LogP contribution in [0.15, 0.2) is 0 Å². The number of ether oxygens (including phenoxy) is 1. The molecule has 0 unspecified atom stereocenters. The molecule has 0 aromatic rings. The second-order valence-corrected chi connectivity index (χ2v) is 6.06. The Balaban J connectivity index is 1.52. The van der Waals surface area contributed by atoms with Crippen LogP contribution in [-0.4, -0.2) is 54.9 Å². The van der Waals surface area contributed by atoms with Crippen molar-refractivity contribution in [2.24, 2.45) is 11.8 Å². The molecule has 120 valence electrons. The lowest BCUT2D eigenvalue weighted by Crippen LogP contribution is -2.46. The van der Waals surface area contributed by atoms with Crippen LogP contribution < -0.4 is 5.32 Å². The monoisotopic (exact) mass is 298 g/mol. The number of hydrogen-bond acceptors (Lipinski definition) is 3. The Labute approximate surface area is 125 Å². The molecule has 1 heterocycles. The van der Waals surface area contributed by atoms with Crippen molar-refractivity contribution in [1.29, 1.82) is 0 Å². The zero-order chi connectivity index (χ0) is 15.1. The minimum Gasteiger partial charge on any atom is -0.481 e. The van der Waals surface area contributed by atoms with Crippen molar-refractivity contribution in [2.45, 2.75) is 38.5 Å². The van der Waals surface area contributed by atoms with Crippen LogP contribution in [0.1, 0.15) is 38.5 Å². The number of carbonyl (C=O) groups is 2. The molecule has 0 bridgehead atoms. The molecule has 0 aromatic carbocycles. The summed E-state index contributed by atoms with van der Waals surface area (Å²) in [6, 6.07) is -0.108. The highest BCUT2D eigenvalue weighted by Gasteiger charge is 2.26. The third-order valence-corrected chi connectivity index (χ3v) is 4.48. The van der Waals surface area contributed by atoms with E-state index in [-0.39, 0.29) is 11.9 Å². The van der Waals surface area contributed by atoms with E-state index in [1.807, 2.05) is 0 Å². The van der Waals surface area contributed by atoms with Crippen molar-refractivity contribution in [2.75, 3.05) is 32.8 Å². The molecule has 6 heteroatoms. The topological polar surface area (TPSA) is 78.9 Å². The quantitative estimate of drug-likeness (QED) is 0.732. The van der Waals surface area contributed by atoms with Crippen LogP contribution in [0.3, 0.4) is 0 Å². The van der Waals surface area contributed by atoms with E-state index in [4.69, 9.17) is 9.84 Å². The number of aliphatic carboxylic acids is 1. The van der Waals surface area contributed by atoms with Crippen LogP contribution in [0.2, 0.25) is 0 Å². The summed E-state index contributed by atoms with van der Waals surface area (Å²) in [5.74, 6) is -0.352. The van der Waals surface area contributed by atoms with Crippen LogP contribution >= 0.6 is 0 Å². The highest BCUT2D eigenvalue weighted by molar-refractivity contribution is 5.75. The Hall–Kier alpha value is -1.30. The molecule has 0 aromatic heterocycles. The second kappa shape index (κ2) is 8.22. The van der Waals surface area contributed by atoms with E-state index in [1.165, 1.54) is 25.7 Å². The minimum absolute atomic E-state index is 0.108. The van der Waals surface area contributed by atoms with Gasteiger partial charge >= 0.3 is 12.0 Å². The fourth-order valence-corrected chi connectivity index (χ4v) is 3.10. The number of carboxylic acids is 1. The molecular formula is C15H26N2O4. The highest BCUT2D eigenvalue weighted by atomic mass is 16.5. The maximum atomic E-state index is 11.9. The zero-order valence-corrected chi connectivity index (χ0v) is 12.6.